The highest BCUT2D eigenvalue weighted by molar-refractivity contribution is 5.94. The van der Waals surface area contributed by atoms with Gasteiger partial charge in [0.25, 0.3) is 5.91 Å². The molecule has 0 saturated carbocycles. The number of carbonyl (C=O) groups is 1. The highest BCUT2D eigenvalue weighted by Crippen LogP contribution is 2.06. The van der Waals surface area contributed by atoms with Crippen LogP contribution in [0.2, 0.25) is 0 Å². The molecule has 108 valence electrons. The summed E-state index contributed by atoms with van der Waals surface area (Å²) < 4.78 is 0. The Hall–Kier alpha value is -1.39. The lowest BCUT2D eigenvalue weighted by Gasteiger charge is -2.20. The number of benzene rings is 1. The second-order valence-electron chi connectivity index (χ2n) is 4.31. The summed E-state index contributed by atoms with van der Waals surface area (Å²) in [4.78, 5) is 13.4. The van der Waals surface area contributed by atoms with Crippen LogP contribution in [0.25, 0.3) is 0 Å². The van der Waals surface area contributed by atoms with E-state index in [9.17, 15) is 4.79 Å². The zero-order valence-electron chi connectivity index (χ0n) is 12.1. The second-order valence-corrected chi connectivity index (χ2v) is 4.31. The van der Waals surface area contributed by atoms with E-state index >= 15 is 0 Å². The Bertz CT molecular complexity index is 343. The molecule has 0 aromatic heterocycles. The normalized spacial score (nSPS) is 9.53. The Morgan fingerprint density at radius 2 is 1.47 bits per heavy atom. The van der Waals surface area contributed by atoms with Gasteiger partial charge in [-0.15, -0.1) is 0 Å². The van der Waals surface area contributed by atoms with E-state index in [-0.39, 0.29) is 32.2 Å². The monoisotopic (exact) mass is 267 g/mol. The number of amides is 1. The first-order valence-electron chi connectivity index (χ1n) is 6.68. The first-order chi connectivity index (χ1) is 9.10. The van der Waals surface area contributed by atoms with Crippen molar-refractivity contribution in [3.63, 3.8) is 0 Å². The van der Waals surface area contributed by atoms with Crippen LogP contribution in [0.4, 0.5) is 0 Å². The van der Waals surface area contributed by atoms with Gasteiger partial charge in [0.05, 0.1) is 13.2 Å². The Morgan fingerprint density at radius 1 is 1.05 bits per heavy atom. The van der Waals surface area contributed by atoms with E-state index in [4.69, 9.17) is 10.2 Å². The van der Waals surface area contributed by atoms with Crippen molar-refractivity contribution >= 4 is 5.91 Å². The minimum atomic E-state index is -0.164. The molecule has 2 N–H and O–H groups in total. The molecule has 0 saturated heterocycles. The summed E-state index contributed by atoms with van der Waals surface area (Å²) in [6.07, 6.45) is 1.25. The number of rotatable bonds is 5. The average molecular weight is 267 g/mol. The molecule has 0 fully saturated rings. The number of aryl methyl sites for hydroxylation is 1. The maximum Gasteiger partial charge on any atom is 0.254 e. The smallest absolute Gasteiger partial charge is 0.254 e. The highest BCUT2D eigenvalue weighted by Gasteiger charge is 2.14. The van der Waals surface area contributed by atoms with Gasteiger partial charge in [-0.3, -0.25) is 4.79 Å². The van der Waals surface area contributed by atoms with Crippen molar-refractivity contribution in [1.82, 2.24) is 4.90 Å². The fourth-order valence-corrected chi connectivity index (χ4v) is 1.44. The summed E-state index contributed by atoms with van der Waals surface area (Å²) in [6, 6.07) is 7.23. The topological polar surface area (TPSA) is 60.8 Å². The third-order valence-electron chi connectivity index (χ3n) is 2.33. The third kappa shape index (κ3) is 6.94. The van der Waals surface area contributed by atoms with Crippen molar-refractivity contribution < 1.29 is 15.0 Å². The van der Waals surface area contributed by atoms with Crippen LogP contribution in [-0.4, -0.2) is 47.3 Å². The fourth-order valence-electron chi connectivity index (χ4n) is 1.44. The van der Waals surface area contributed by atoms with Gasteiger partial charge in [-0.05, 0) is 19.1 Å². The number of aliphatic hydroxyl groups is 2. The molecule has 0 bridgehead atoms. The number of hydrogen-bond donors (Lipinski definition) is 2. The summed E-state index contributed by atoms with van der Waals surface area (Å²) >= 11 is 0. The SMILES string of the molecule is CCC.Cc1ccc(C(=O)N(CCO)CCO)cc1. The molecule has 1 aromatic carbocycles. The molecule has 0 aliphatic carbocycles. The van der Waals surface area contributed by atoms with E-state index in [0.29, 0.717) is 5.56 Å². The zero-order chi connectivity index (χ0) is 14.7. The van der Waals surface area contributed by atoms with Crippen LogP contribution in [-0.2, 0) is 0 Å². The van der Waals surface area contributed by atoms with Crippen molar-refractivity contribution in [2.45, 2.75) is 27.2 Å². The van der Waals surface area contributed by atoms with Crippen LogP contribution in [0.1, 0.15) is 36.2 Å². The molecule has 19 heavy (non-hydrogen) atoms. The molecule has 0 heterocycles. The minimum absolute atomic E-state index is 0.0996. The number of aliphatic hydroxyl groups excluding tert-OH is 2. The summed E-state index contributed by atoms with van der Waals surface area (Å²) in [6.45, 7) is 6.49. The molecule has 0 aliphatic rings. The predicted molar refractivity (Wildman–Crippen MR) is 77.2 cm³/mol. The molecular weight excluding hydrogens is 242 g/mol. The molecule has 0 radical (unpaired) electrons. The fraction of sp³-hybridized carbons (Fsp3) is 0.533. The summed E-state index contributed by atoms with van der Waals surface area (Å²) in [7, 11) is 0. The van der Waals surface area contributed by atoms with Crippen LogP contribution < -0.4 is 0 Å². The Labute approximate surface area is 115 Å². The van der Waals surface area contributed by atoms with Gasteiger partial charge in [0.15, 0.2) is 0 Å². The van der Waals surface area contributed by atoms with E-state index in [2.05, 4.69) is 13.8 Å². The van der Waals surface area contributed by atoms with Gasteiger partial charge in [0, 0.05) is 18.7 Å². The van der Waals surface area contributed by atoms with E-state index in [1.54, 1.807) is 12.1 Å². The molecule has 0 aliphatic heterocycles. The minimum Gasteiger partial charge on any atom is -0.395 e. The van der Waals surface area contributed by atoms with E-state index in [0.717, 1.165) is 5.56 Å². The first-order valence-corrected chi connectivity index (χ1v) is 6.68. The molecule has 0 spiro atoms. The van der Waals surface area contributed by atoms with E-state index in [1.165, 1.54) is 11.3 Å². The lowest BCUT2D eigenvalue weighted by molar-refractivity contribution is 0.0685. The third-order valence-corrected chi connectivity index (χ3v) is 2.33. The largest absolute Gasteiger partial charge is 0.395 e. The molecule has 1 rings (SSSR count). The molecule has 4 nitrogen and oxygen atoms in total. The van der Waals surface area contributed by atoms with Crippen LogP contribution in [0.3, 0.4) is 0 Å². The number of hydrogen-bond acceptors (Lipinski definition) is 3. The summed E-state index contributed by atoms with van der Waals surface area (Å²) in [5.41, 5.74) is 1.67. The Morgan fingerprint density at radius 3 is 1.84 bits per heavy atom. The molecule has 4 heteroatoms. The van der Waals surface area contributed by atoms with Gasteiger partial charge in [-0.1, -0.05) is 38.0 Å². The number of carbonyl (C=O) groups excluding carboxylic acids is 1. The van der Waals surface area contributed by atoms with Crippen LogP contribution in [0, 0.1) is 6.92 Å². The molecule has 0 unspecified atom stereocenters. The quantitative estimate of drug-likeness (QED) is 0.855. The van der Waals surface area contributed by atoms with Gasteiger partial charge < -0.3 is 15.1 Å². The Balaban J connectivity index is 0.000000982. The van der Waals surface area contributed by atoms with Crippen molar-refractivity contribution in [3.8, 4) is 0 Å². The molecule has 1 aromatic rings. The van der Waals surface area contributed by atoms with Crippen molar-refractivity contribution in [2.24, 2.45) is 0 Å². The van der Waals surface area contributed by atoms with Crippen LogP contribution >= 0.6 is 0 Å². The number of nitrogens with zero attached hydrogens (tertiary/aromatic N) is 1. The predicted octanol–water partition coefficient (Wildman–Crippen LogP) is 1.84. The van der Waals surface area contributed by atoms with E-state index in [1.807, 2.05) is 19.1 Å². The van der Waals surface area contributed by atoms with E-state index < -0.39 is 0 Å². The Kier molecular flexibility index (Phi) is 9.75. The van der Waals surface area contributed by atoms with Crippen molar-refractivity contribution in [1.29, 1.82) is 0 Å². The van der Waals surface area contributed by atoms with Gasteiger partial charge in [-0.25, -0.2) is 0 Å². The lowest BCUT2D eigenvalue weighted by Crippen LogP contribution is -2.35. The molecule has 1 amide bonds. The lowest BCUT2D eigenvalue weighted by atomic mass is 10.1. The van der Waals surface area contributed by atoms with Gasteiger partial charge >= 0.3 is 0 Å². The van der Waals surface area contributed by atoms with Crippen molar-refractivity contribution in [2.75, 3.05) is 26.3 Å². The summed E-state index contributed by atoms with van der Waals surface area (Å²) in [5.74, 6) is -0.164. The highest BCUT2D eigenvalue weighted by atomic mass is 16.3. The summed E-state index contributed by atoms with van der Waals surface area (Å²) in [5, 5.41) is 17.7. The maximum atomic E-state index is 11.9. The van der Waals surface area contributed by atoms with Crippen LogP contribution in [0.5, 0.6) is 0 Å². The first kappa shape index (κ1) is 17.6. The van der Waals surface area contributed by atoms with Crippen molar-refractivity contribution in [3.05, 3.63) is 35.4 Å². The van der Waals surface area contributed by atoms with Crippen LogP contribution in [0.15, 0.2) is 24.3 Å². The van der Waals surface area contributed by atoms with Gasteiger partial charge in [0.1, 0.15) is 0 Å². The standard InChI is InChI=1S/C12H17NO3.C3H8/c1-10-2-4-11(5-3-10)12(16)13(6-8-14)7-9-15;1-3-2/h2-5,14-15H,6-9H2,1H3;3H2,1-2H3. The zero-order valence-corrected chi connectivity index (χ0v) is 12.1. The molecule has 0 atom stereocenters. The second kappa shape index (κ2) is 10.5. The molecular formula is C15H25NO3. The van der Waals surface area contributed by atoms with Gasteiger partial charge in [-0.2, -0.15) is 0 Å². The maximum absolute atomic E-state index is 11.9. The van der Waals surface area contributed by atoms with Gasteiger partial charge in [0.2, 0.25) is 0 Å². The average Bonchev–Trinajstić information content (AvgIpc) is 2.39.